The normalized spacial score (nSPS) is 13.4. The zero-order valence-corrected chi connectivity index (χ0v) is 28.0. The second kappa shape index (κ2) is 29.4. The van der Waals surface area contributed by atoms with Gasteiger partial charge in [-0.05, 0) is 12.8 Å². The number of carbonyl (C=O) groups excluding carboxylic acids is 1. The molecule has 3 N–H and O–H groups in total. The molecular formula is C34H69NO5S. The molecule has 6 nitrogen and oxygen atoms in total. The molecule has 246 valence electrons. The molecule has 0 rings (SSSR count). The maximum Gasteiger partial charge on any atom is 0.266 e. The molecule has 2 atom stereocenters. The van der Waals surface area contributed by atoms with Gasteiger partial charge in [0.25, 0.3) is 10.1 Å². The number of amides is 1. The van der Waals surface area contributed by atoms with Gasteiger partial charge in [-0.1, -0.05) is 174 Å². The van der Waals surface area contributed by atoms with Crippen molar-refractivity contribution >= 4 is 16.0 Å². The minimum absolute atomic E-state index is 0.247. The molecular weight excluding hydrogens is 534 g/mol. The van der Waals surface area contributed by atoms with Crippen molar-refractivity contribution in [3.63, 3.8) is 0 Å². The second-order valence-corrected chi connectivity index (χ2v) is 14.0. The molecule has 0 aliphatic rings. The molecule has 0 saturated carbocycles. The van der Waals surface area contributed by atoms with E-state index in [-0.39, 0.29) is 5.91 Å². The number of aliphatic hydroxyl groups excluding tert-OH is 1. The van der Waals surface area contributed by atoms with Gasteiger partial charge in [0.1, 0.15) is 0 Å². The van der Waals surface area contributed by atoms with Gasteiger partial charge in [-0.2, -0.15) is 8.42 Å². The highest BCUT2D eigenvalue weighted by atomic mass is 32.2. The van der Waals surface area contributed by atoms with E-state index in [1.54, 1.807) is 0 Å². The fourth-order valence-electron chi connectivity index (χ4n) is 5.63. The van der Waals surface area contributed by atoms with Gasteiger partial charge in [-0.25, -0.2) is 0 Å². The highest BCUT2D eigenvalue weighted by molar-refractivity contribution is 7.85. The van der Waals surface area contributed by atoms with Gasteiger partial charge in [0.05, 0.1) is 17.9 Å². The van der Waals surface area contributed by atoms with E-state index in [0.29, 0.717) is 12.8 Å². The van der Waals surface area contributed by atoms with E-state index in [1.165, 1.54) is 128 Å². The molecule has 0 fully saturated rings. The summed E-state index contributed by atoms with van der Waals surface area (Å²) < 4.78 is 32.3. The predicted octanol–water partition coefficient (Wildman–Crippen LogP) is 9.68. The van der Waals surface area contributed by atoms with Crippen LogP contribution in [-0.2, 0) is 14.9 Å². The molecule has 2 unspecified atom stereocenters. The number of hydrogen-bond donors (Lipinski definition) is 3. The minimum Gasteiger partial charge on any atom is -0.391 e. The Kier molecular flexibility index (Phi) is 28.9. The van der Waals surface area contributed by atoms with Crippen molar-refractivity contribution in [2.75, 3.05) is 5.75 Å². The Morgan fingerprint density at radius 3 is 1.22 bits per heavy atom. The van der Waals surface area contributed by atoms with Crippen LogP contribution in [0.1, 0.15) is 194 Å². The predicted molar refractivity (Wildman–Crippen MR) is 175 cm³/mol. The molecule has 41 heavy (non-hydrogen) atoms. The first-order valence-corrected chi connectivity index (χ1v) is 19.3. The third-order valence-corrected chi connectivity index (χ3v) is 9.09. The van der Waals surface area contributed by atoms with Gasteiger partial charge in [0, 0.05) is 6.42 Å². The third kappa shape index (κ3) is 30.6. The van der Waals surface area contributed by atoms with Crippen LogP contribution in [0.15, 0.2) is 0 Å². The fraction of sp³-hybridized carbons (Fsp3) is 0.971. The first-order valence-electron chi connectivity index (χ1n) is 17.7. The smallest absolute Gasteiger partial charge is 0.266 e. The number of nitrogens with one attached hydrogen (secondary N) is 1. The first-order chi connectivity index (χ1) is 19.8. The van der Waals surface area contributed by atoms with E-state index in [4.69, 9.17) is 0 Å². The Bertz CT molecular complexity index is 670. The monoisotopic (exact) mass is 603 g/mol. The SMILES string of the molecule is CCCCCCCCCCCCCCCCCCCC(O)C(CS(=O)(=O)O)NC(=O)CCCCCCCCCCC. The number of rotatable bonds is 32. The highest BCUT2D eigenvalue weighted by Gasteiger charge is 2.26. The van der Waals surface area contributed by atoms with Crippen molar-refractivity contribution in [3.8, 4) is 0 Å². The summed E-state index contributed by atoms with van der Waals surface area (Å²) in [6.45, 7) is 4.48. The molecule has 7 heteroatoms. The minimum atomic E-state index is -4.29. The lowest BCUT2D eigenvalue weighted by atomic mass is 10.0. The van der Waals surface area contributed by atoms with Crippen LogP contribution in [0.3, 0.4) is 0 Å². The van der Waals surface area contributed by atoms with Crippen molar-refractivity contribution in [1.29, 1.82) is 0 Å². The van der Waals surface area contributed by atoms with Crippen LogP contribution in [0.2, 0.25) is 0 Å². The summed E-state index contributed by atoms with van der Waals surface area (Å²) >= 11 is 0. The maximum atomic E-state index is 12.4. The fourth-order valence-corrected chi connectivity index (χ4v) is 6.39. The van der Waals surface area contributed by atoms with Gasteiger partial charge in [-0.15, -0.1) is 0 Å². The van der Waals surface area contributed by atoms with Crippen molar-refractivity contribution in [2.24, 2.45) is 0 Å². The molecule has 1 amide bonds. The summed E-state index contributed by atoms with van der Waals surface area (Å²) in [7, 11) is -4.29. The topological polar surface area (TPSA) is 104 Å². The summed E-state index contributed by atoms with van der Waals surface area (Å²) in [5, 5.41) is 13.3. The lowest BCUT2D eigenvalue weighted by Crippen LogP contribution is -2.47. The molecule has 0 heterocycles. The zero-order valence-electron chi connectivity index (χ0n) is 27.2. The molecule has 0 aliphatic heterocycles. The third-order valence-electron chi connectivity index (χ3n) is 8.31. The molecule has 0 aromatic carbocycles. The Morgan fingerprint density at radius 2 is 0.878 bits per heavy atom. The van der Waals surface area contributed by atoms with Gasteiger partial charge in [0.2, 0.25) is 5.91 Å². The average Bonchev–Trinajstić information content (AvgIpc) is 2.92. The van der Waals surface area contributed by atoms with Gasteiger partial charge < -0.3 is 10.4 Å². The number of carbonyl (C=O) groups is 1. The summed E-state index contributed by atoms with van der Waals surface area (Å²) in [4.78, 5) is 12.4. The summed E-state index contributed by atoms with van der Waals surface area (Å²) in [6.07, 6.45) is 32.0. The molecule has 0 aliphatic carbocycles. The van der Waals surface area contributed by atoms with Crippen molar-refractivity contribution in [3.05, 3.63) is 0 Å². The van der Waals surface area contributed by atoms with E-state index >= 15 is 0 Å². The second-order valence-electron chi connectivity index (χ2n) is 12.5. The molecule has 0 saturated heterocycles. The van der Waals surface area contributed by atoms with Crippen LogP contribution in [0.5, 0.6) is 0 Å². The van der Waals surface area contributed by atoms with Crippen LogP contribution in [0.25, 0.3) is 0 Å². The van der Waals surface area contributed by atoms with E-state index in [2.05, 4.69) is 19.2 Å². The highest BCUT2D eigenvalue weighted by Crippen LogP contribution is 2.16. The summed E-state index contributed by atoms with van der Waals surface area (Å²) in [5.74, 6) is -0.889. The Labute approximate surface area is 255 Å². The largest absolute Gasteiger partial charge is 0.391 e. The van der Waals surface area contributed by atoms with Gasteiger partial charge >= 0.3 is 0 Å². The van der Waals surface area contributed by atoms with Crippen LogP contribution in [-0.4, -0.2) is 41.9 Å². The van der Waals surface area contributed by atoms with E-state index in [0.717, 1.165) is 38.5 Å². The number of aliphatic hydroxyl groups is 1. The number of hydrogen-bond acceptors (Lipinski definition) is 4. The standard InChI is InChI=1S/C34H69NO5S/c1-3-5-7-9-11-13-14-15-16-17-18-19-20-22-23-25-27-29-33(36)32(31-41(38,39)40)35-34(37)30-28-26-24-21-12-10-8-6-4-2/h32-33,36H,3-31H2,1-2H3,(H,35,37)(H,38,39,40). The van der Waals surface area contributed by atoms with Crippen molar-refractivity contribution in [2.45, 2.75) is 206 Å². The molecule has 0 radical (unpaired) electrons. The van der Waals surface area contributed by atoms with E-state index < -0.39 is 28.0 Å². The Hall–Kier alpha value is -0.660. The maximum absolute atomic E-state index is 12.4. The summed E-state index contributed by atoms with van der Waals surface area (Å²) in [5.41, 5.74) is 0. The molecule has 0 bridgehead atoms. The van der Waals surface area contributed by atoms with Crippen LogP contribution in [0, 0.1) is 0 Å². The lowest BCUT2D eigenvalue weighted by molar-refractivity contribution is -0.122. The Morgan fingerprint density at radius 1 is 0.561 bits per heavy atom. The van der Waals surface area contributed by atoms with Crippen molar-refractivity contribution in [1.82, 2.24) is 5.32 Å². The average molecular weight is 604 g/mol. The number of unbranched alkanes of at least 4 members (excludes halogenated alkanes) is 24. The lowest BCUT2D eigenvalue weighted by Gasteiger charge is -2.23. The van der Waals surface area contributed by atoms with Gasteiger partial charge in [0.15, 0.2) is 0 Å². The molecule has 0 aromatic heterocycles. The first kappa shape index (κ1) is 40.3. The molecule has 0 spiro atoms. The Balaban J connectivity index is 3.86. The van der Waals surface area contributed by atoms with Crippen LogP contribution >= 0.6 is 0 Å². The van der Waals surface area contributed by atoms with E-state index in [1.807, 2.05) is 0 Å². The summed E-state index contributed by atoms with van der Waals surface area (Å²) in [6, 6.07) is -0.961. The van der Waals surface area contributed by atoms with Crippen LogP contribution < -0.4 is 5.32 Å². The van der Waals surface area contributed by atoms with E-state index in [9.17, 15) is 22.9 Å². The van der Waals surface area contributed by atoms with Crippen molar-refractivity contribution < 1.29 is 22.9 Å². The zero-order chi connectivity index (χ0) is 30.4. The van der Waals surface area contributed by atoms with Crippen LogP contribution in [0.4, 0.5) is 0 Å². The van der Waals surface area contributed by atoms with Gasteiger partial charge in [-0.3, -0.25) is 9.35 Å². The quantitative estimate of drug-likeness (QED) is 0.0524. The molecule has 0 aromatic rings.